The first-order valence-corrected chi connectivity index (χ1v) is 12.2. The van der Waals surface area contributed by atoms with Gasteiger partial charge in [0.05, 0.1) is 11.7 Å². The number of benzene rings is 2. The van der Waals surface area contributed by atoms with E-state index < -0.39 is 0 Å². The van der Waals surface area contributed by atoms with Gasteiger partial charge in [0.1, 0.15) is 0 Å². The molecular weight excluding hydrogens is 416 g/mol. The molecule has 0 amide bonds. The van der Waals surface area contributed by atoms with Crippen LogP contribution < -0.4 is 16.4 Å². The molecule has 4 heteroatoms. The van der Waals surface area contributed by atoms with Crippen LogP contribution in [0.25, 0.3) is 11.3 Å². The summed E-state index contributed by atoms with van der Waals surface area (Å²) in [5.74, 6) is 0. The minimum absolute atomic E-state index is 0.168. The molecular formula is C30H36N4. The molecule has 3 aromatic rings. The van der Waals surface area contributed by atoms with Crippen molar-refractivity contribution in [3.63, 3.8) is 0 Å². The number of aryl methyl sites for hydroxylation is 2. The van der Waals surface area contributed by atoms with E-state index in [0.717, 1.165) is 36.5 Å². The van der Waals surface area contributed by atoms with E-state index in [2.05, 4.69) is 103 Å². The van der Waals surface area contributed by atoms with Gasteiger partial charge in [-0.25, -0.2) is 0 Å². The summed E-state index contributed by atoms with van der Waals surface area (Å²) in [5, 5.41) is 7.36. The van der Waals surface area contributed by atoms with Crippen LogP contribution in [-0.2, 0) is 0 Å². The van der Waals surface area contributed by atoms with Gasteiger partial charge in [-0.1, -0.05) is 55.0 Å². The number of aromatic nitrogens is 1. The van der Waals surface area contributed by atoms with E-state index in [1.165, 1.54) is 39.1 Å². The number of hydrogen-bond acceptors (Lipinski definition) is 3. The summed E-state index contributed by atoms with van der Waals surface area (Å²) >= 11 is 0. The number of anilines is 1. The molecule has 0 spiro atoms. The molecule has 0 saturated carbocycles. The molecule has 1 aromatic heterocycles. The van der Waals surface area contributed by atoms with Crippen molar-refractivity contribution in [1.82, 2.24) is 10.3 Å². The van der Waals surface area contributed by atoms with Crippen LogP contribution in [0.15, 0.2) is 78.7 Å². The number of allylic oxidation sites excluding steroid dienone is 4. The number of hydrogen-bond donors (Lipinski definition) is 4. The molecule has 1 aliphatic heterocycles. The van der Waals surface area contributed by atoms with Gasteiger partial charge in [0, 0.05) is 40.9 Å². The van der Waals surface area contributed by atoms with Crippen molar-refractivity contribution in [2.24, 2.45) is 5.73 Å². The van der Waals surface area contributed by atoms with Crippen LogP contribution in [0.3, 0.4) is 0 Å². The Hall–Kier alpha value is -3.66. The van der Waals surface area contributed by atoms with Gasteiger partial charge in [-0.2, -0.15) is 0 Å². The van der Waals surface area contributed by atoms with E-state index >= 15 is 0 Å². The highest BCUT2D eigenvalue weighted by atomic mass is 15.0. The third-order valence-corrected chi connectivity index (χ3v) is 6.41. The van der Waals surface area contributed by atoms with Gasteiger partial charge in [-0.15, -0.1) is 0 Å². The smallest absolute Gasteiger partial charge is 0.0605 e. The monoisotopic (exact) mass is 452 g/mol. The molecule has 4 nitrogen and oxygen atoms in total. The summed E-state index contributed by atoms with van der Waals surface area (Å²) in [6.45, 7) is 9.23. The Morgan fingerprint density at radius 3 is 2.59 bits per heavy atom. The Balaban J connectivity index is 1.84. The van der Waals surface area contributed by atoms with Crippen molar-refractivity contribution in [1.29, 1.82) is 0 Å². The Bertz CT molecular complexity index is 1220. The molecule has 0 aliphatic carbocycles. The first-order chi connectivity index (χ1) is 16.5. The van der Waals surface area contributed by atoms with Crippen molar-refractivity contribution in [2.45, 2.75) is 46.6 Å². The van der Waals surface area contributed by atoms with Gasteiger partial charge in [0.15, 0.2) is 0 Å². The second kappa shape index (κ2) is 10.5. The van der Waals surface area contributed by atoms with E-state index in [0.29, 0.717) is 0 Å². The maximum absolute atomic E-state index is 6.31. The quantitative estimate of drug-likeness (QED) is 0.310. The number of nitrogens with two attached hydrogens (primary N) is 1. The molecule has 5 N–H and O–H groups in total. The van der Waals surface area contributed by atoms with Crippen LogP contribution in [-0.4, -0.2) is 11.5 Å². The molecule has 34 heavy (non-hydrogen) atoms. The van der Waals surface area contributed by atoms with E-state index in [1.54, 1.807) is 0 Å². The fourth-order valence-electron chi connectivity index (χ4n) is 4.58. The predicted molar refractivity (Wildman–Crippen MR) is 145 cm³/mol. The molecule has 1 unspecified atom stereocenters. The first kappa shape index (κ1) is 23.5. The van der Waals surface area contributed by atoms with Gasteiger partial charge in [-0.05, 0) is 74.6 Å². The fraction of sp³-hybridized carbons (Fsp3) is 0.267. The van der Waals surface area contributed by atoms with Gasteiger partial charge in [-0.3, -0.25) is 0 Å². The Morgan fingerprint density at radius 2 is 1.91 bits per heavy atom. The Morgan fingerprint density at radius 1 is 1.12 bits per heavy atom. The highest BCUT2D eigenvalue weighted by Gasteiger charge is 2.23. The lowest BCUT2D eigenvalue weighted by atomic mass is 9.90. The third-order valence-electron chi connectivity index (χ3n) is 6.41. The summed E-state index contributed by atoms with van der Waals surface area (Å²) in [6.07, 6.45) is 10.6. The van der Waals surface area contributed by atoms with Crippen LogP contribution in [0.1, 0.15) is 66.2 Å². The van der Waals surface area contributed by atoms with Crippen LogP contribution in [0.4, 0.5) is 5.69 Å². The zero-order chi connectivity index (χ0) is 24.1. The SMILES string of the molecule is CC/C=C/C=C(/c1ccc2c(c1)C(Nc1ccc(C)cc1)CCN/C2=C(/C)N)c1cc[nH]c1C. The molecule has 1 atom stereocenters. The average Bonchev–Trinajstić information content (AvgIpc) is 3.16. The fourth-order valence-corrected chi connectivity index (χ4v) is 4.58. The summed E-state index contributed by atoms with van der Waals surface area (Å²) in [5.41, 5.74) is 17.8. The van der Waals surface area contributed by atoms with Crippen LogP contribution in [0, 0.1) is 13.8 Å². The van der Waals surface area contributed by atoms with Crippen molar-refractivity contribution in [3.8, 4) is 0 Å². The maximum atomic E-state index is 6.31. The zero-order valence-electron chi connectivity index (χ0n) is 20.7. The zero-order valence-corrected chi connectivity index (χ0v) is 20.7. The lowest BCUT2D eigenvalue weighted by Crippen LogP contribution is -2.16. The number of fused-ring (bicyclic) bond motifs is 1. The molecule has 2 aromatic carbocycles. The number of aromatic amines is 1. The van der Waals surface area contributed by atoms with Crippen molar-refractivity contribution < 1.29 is 0 Å². The van der Waals surface area contributed by atoms with E-state index in [4.69, 9.17) is 5.73 Å². The van der Waals surface area contributed by atoms with Gasteiger partial charge in [0.25, 0.3) is 0 Å². The standard InChI is InChI=1S/C30H36N4/c1-5-6-7-8-26(25-15-17-32-22(25)4)23-11-14-27-28(19-23)29(16-18-33-30(27)21(3)31)34-24-12-9-20(2)10-13-24/h6-15,17,19,29,32-34H,5,16,18,31H2,1-4H3/b7-6+,26-8-,30-21-. The van der Waals surface area contributed by atoms with Crippen molar-refractivity contribution in [3.05, 3.63) is 112 Å². The van der Waals surface area contributed by atoms with E-state index in [1.807, 2.05) is 13.1 Å². The molecule has 0 fully saturated rings. The normalized spacial score (nSPS) is 17.8. The minimum atomic E-state index is 0.168. The second-order valence-electron chi connectivity index (χ2n) is 9.07. The Labute approximate surface area is 203 Å². The minimum Gasteiger partial charge on any atom is -0.401 e. The largest absolute Gasteiger partial charge is 0.401 e. The summed E-state index contributed by atoms with van der Waals surface area (Å²) in [7, 11) is 0. The van der Waals surface area contributed by atoms with Gasteiger partial charge >= 0.3 is 0 Å². The maximum Gasteiger partial charge on any atom is 0.0605 e. The van der Waals surface area contributed by atoms with E-state index in [-0.39, 0.29) is 6.04 Å². The van der Waals surface area contributed by atoms with Crippen LogP contribution in [0.5, 0.6) is 0 Å². The predicted octanol–water partition coefficient (Wildman–Crippen LogP) is 6.82. The summed E-state index contributed by atoms with van der Waals surface area (Å²) in [4.78, 5) is 3.34. The average molecular weight is 453 g/mol. The van der Waals surface area contributed by atoms with Crippen LogP contribution >= 0.6 is 0 Å². The molecule has 1 aliphatic rings. The molecule has 0 radical (unpaired) electrons. The molecule has 0 bridgehead atoms. The number of nitrogens with one attached hydrogen (secondary N) is 3. The highest BCUT2D eigenvalue weighted by molar-refractivity contribution is 5.84. The molecule has 2 heterocycles. The number of H-pyrrole nitrogens is 1. The van der Waals surface area contributed by atoms with E-state index in [9.17, 15) is 0 Å². The summed E-state index contributed by atoms with van der Waals surface area (Å²) < 4.78 is 0. The Kier molecular flexibility index (Phi) is 7.27. The molecule has 0 saturated heterocycles. The summed E-state index contributed by atoms with van der Waals surface area (Å²) in [6, 6.07) is 17.7. The molecule has 4 rings (SSSR count). The third kappa shape index (κ3) is 5.12. The van der Waals surface area contributed by atoms with Gasteiger partial charge in [0.2, 0.25) is 0 Å². The van der Waals surface area contributed by atoms with Gasteiger partial charge < -0.3 is 21.4 Å². The lowest BCUT2D eigenvalue weighted by Gasteiger charge is -2.22. The highest BCUT2D eigenvalue weighted by Crippen LogP contribution is 2.36. The lowest BCUT2D eigenvalue weighted by molar-refractivity contribution is 0.682. The first-order valence-electron chi connectivity index (χ1n) is 12.2. The van der Waals surface area contributed by atoms with Crippen molar-refractivity contribution >= 4 is 17.0 Å². The number of rotatable bonds is 6. The van der Waals surface area contributed by atoms with Crippen molar-refractivity contribution in [2.75, 3.05) is 11.9 Å². The topological polar surface area (TPSA) is 65.9 Å². The molecule has 176 valence electrons. The van der Waals surface area contributed by atoms with Crippen LogP contribution in [0.2, 0.25) is 0 Å². The second-order valence-corrected chi connectivity index (χ2v) is 9.07.